The first kappa shape index (κ1) is 24.1. The van der Waals surface area contributed by atoms with Crippen LogP contribution in [-0.2, 0) is 5.41 Å². The van der Waals surface area contributed by atoms with E-state index < -0.39 is 0 Å². The quantitative estimate of drug-likeness (QED) is 0.218. The minimum Gasteiger partial charge on any atom is -0.436 e. The minimum atomic E-state index is -0.282. The second kappa shape index (κ2) is 8.73. The van der Waals surface area contributed by atoms with Gasteiger partial charge in [0.15, 0.2) is 5.58 Å². The van der Waals surface area contributed by atoms with E-state index in [-0.39, 0.29) is 5.41 Å². The molecule has 0 radical (unpaired) electrons. The third-order valence-corrected chi connectivity index (χ3v) is 8.91. The van der Waals surface area contributed by atoms with Crippen molar-refractivity contribution in [3.63, 3.8) is 0 Å². The van der Waals surface area contributed by atoms with E-state index in [2.05, 4.69) is 84.1 Å². The molecule has 0 fully saturated rings. The Hall–Kier alpha value is -5.55. The highest BCUT2D eigenvalue weighted by Gasteiger charge is 2.40. The number of benzene rings is 4. The number of hydrogen-bond acceptors (Lipinski definition) is 4. The maximum Gasteiger partial charge on any atom is 0.227 e. The van der Waals surface area contributed by atoms with Crippen molar-refractivity contribution in [3.8, 4) is 39.7 Å². The van der Waals surface area contributed by atoms with Gasteiger partial charge in [-0.2, -0.15) is 0 Å². The van der Waals surface area contributed by atoms with Crippen molar-refractivity contribution >= 4 is 32.9 Å². The molecule has 0 amide bonds. The molecule has 204 valence electrons. The molecule has 9 rings (SSSR count). The zero-order valence-corrected chi connectivity index (χ0v) is 23.7. The highest BCUT2D eigenvalue weighted by Crippen LogP contribution is 2.55. The van der Waals surface area contributed by atoms with E-state index in [0.717, 1.165) is 44.8 Å². The summed E-state index contributed by atoms with van der Waals surface area (Å²) >= 11 is 0. The molecule has 4 aromatic carbocycles. The van der Waals surface area contributed by atoms with Crippen LogP contribution in [0.1, 0.15) is 25.0 Å². The number of pyridine rings is 2. The Balaban J connectivity index is 1.36. The lowest BCUT2D eigenvalue weighted by atomic mass is 9.81. The van der Waals surface area contributed by atoms with Crippen LogP contribution in [0.2, 0.25) is 0 Å². The van der Waals surface area contributed by atoms with Gasteiger partial charge in [0, 0.05) is 45.3 Å². The van der Waals surface area contributed by atoms with Gasteiger partial charge in [0.25, 0.3) is 0 Å². The predicted molar refractivity (Wildman–Crippen MR) is 172 cm³/mol. The highest BCUT2D eigenvalue weighted by atomic mass is 16.3. The molecular formula is C38H26N4O. The number of para-hydroxylation sites is 1. The number of hydrogen-bond donors (Lipinski definition) is 0. The lowest BCUT2D eigenvalue weighted by Crippen LogP contribution is -2.15. The Morgan fingerprint density at radius 2 is 1.53 bits per heavy atom. The second-order valence-corrected chi connectivity index (χ2v) is 11.7. The van der Waals surface area contributed by atoms with Crippen molar-refractivity contribution in [1.82, 2.24) is 19.5 Å². The van der Waals surface area contributed by atoms with Crippen LogP contribution >= 0.6 is 0 Å². The van der Waals surface area contributed by atoms with E-state index in [1.165, 1.54) is 33.0 Å². The van der Waals surface area contributed by atoms with Crippen molar-refractivity contribution in [1.29, 1.82) is 0 Å². The maximum absolute atomic E-state index is 6.32. The number of aromatic nitrogens is 4. The van der Waals surface area contributed by atoms with Gasteiger partial charge in [-0.05, 0) is 65.2 Å². The molecular weight excluding hydrogens is 528 g/mol. The molecule has 8 aromatic rings. The summed E-state index contributed by atoms with van der Waals surface area (Å²) in [6, 6.07) is 37.8. The van der Waals surface area contributed by atoms with Gasteiger partial charge >= 0.3 is 0 Å². The standard InChI is InChI=1S/C38H26N4O/c1-38(2)28-19-17-26-25-13-6-7-15-30(25)42(32-16-8-14-29(40-32)24-12-9-21-39-22-24)36(26)33(28)27-18-20-31-35(34(27)38)41-37(43-31)23-10-4-3-5-11-23/h3-22H,1-2H3. The molecule has 0 N–H and O–H groups in total. The zero-order chi connectivity index (χ0) is 28.7. The van der Waals surface area contributed by atoms with Crippen LogP contribution in [0.25, 0.3) is 72.6 Å². The molecule has 0 bridgehead atoms. The van der Waals surface area contributed by atoms with Gasteiger partial charge in [-0.15, -0.1) is 0 Å². The molecule has 0 saturated heterocycles. The van der Waals surface area contributed by atoms with Crippen LogP contribution < -0.4 is 0 Å². The summed E-state index contributed by atoms with van der Waals surface area (Å²) in [6.07, 6.45) is 3.65. The first-order chi connectivity index (χ1) is 21.1. The zero-order valence-electron chi connectivity index (χ0n) is 23.7. The average molecular weight is 555 g/mol. The van der Waals surface area contributed by atoms with Crippen molar-refractivity contribution in [3.05, 3.63) is 133 Å². The van der Waals surface area contributed by atoms with E-state index in [1.54, 1.807) is 6.20 Å². The summed E-state index contributed by atoms with van der Waals surface area (Å²) in [7, 11) is 0. The van der Waals surface area contributed by atoms with Crippen molar-refractivity contribution in [2.45, 2.75) is 19.3 Å². The molecule has 0 aliphatic heterocycles. The van der Waals surface area contributed by atoms with Gasteiger partial charge in [0.2, 0.25) is 5.89 Å². The van der Waals surface area contributed by atoms with E-state index in [0.29, 0.717) is 5.89 Å². The van der Waals surface area contributed by atoms with Crippen molar-refractivity contribution < 1.29 is 4.42 Å². The molecule has 0 atom stereocenters. The SMILES string of the molecule is CC1(C)c2ccc3c4ccccc4n(-c4cccc(-c5cccnc5)n4)c3c2-c2ccc3oc(-c4ccccc4)nc3c21. The summed E-state index contributed by atoms with van der Waals surface area (Å²) in [4.78, 5) is 14.6. The molecule has 43 heavy (non-hydrogen) atoms. The molecule has 1 aliphatic carbocycles. The second-order valence-electron chi connectivity index (χ2n) is 11.7. The Kier molecular flexibility index (Phi) is 4.89. The number of fused-ring (bicyclic) bond motifs is 9. The fourth-order valence-corrected chi connectivity index (χ4v) is 6.99. The summed E-state index contributed by atoms with van der Waals surface area (Å²) in [5, 5.41) is 2.41. The maximum atomic E-state index is 6.32. The number of nitrogens with zero attached hydrogens (tertiary/aromatic N) is 4. The Labute approximate surface area is 248 Å². The summed E-state index contributed by atoms with van der Waals surface area (Å²) in [5.41, 5.74) is 11.5. The van der Waals surface area contributed by atoms with E-state index in [1.807, 2.05) is 54.7 Å². The molecule has 5 heteroatoms. The first-order valence-electron chi connectivity index (χ1n) is 14.5. The molecule has 0 spiro atoms. The number of rotatable bonds is 3. The Bertz CT molecular complexity index is 2370. The van der Waals surface area contributed by atoms with Gasteiger partial charge in [-0.1, -0.05) is 74.5 Å². The minimum absolute atomic E-state index is 0.282. The van der Waals surface area contributed by atoms with Gasteiger partial charge in [0.05, 0.1) is 16.7 Å². The summed E-state index contributed by atoms with van der Waals surface area (Å²) < 4.78 is 8.65. The lowest BCUT2D eigenvalue weighted by molar-refractivity contribution is 0.619. The van der Waals surface area contributed by atoms with Crippen LogP contribution in [0.3, 0.4) is 0 Å². The third kappa shape index (κ3) is 3.36. The average Bonchev–Trinajstić information content (AvgIpc) is 3.70. The first-order valence-corrected chi connectivity index (χ1v) is 14.5. The topological polar surface area (TPSA) is 56.7 Å². The molecule has 0 unspecified atom stereocenters. The van der Waals surface area contributed by atoms with E-state index in [4.69, 9.17) is 14.4 Å². The van der Waals surface area contributed by atoms with Crippen LogP contribution in [-0.4, -0.2) is 19.5 Å². The Morgan fingerprint density at radius 3 is 2.40 bits per heavy atom. The molecule has 1 aliphatic rings. The smallest absolute Gasteiger partial charge is 0.227 e. The number of oxazole rings is 1. The monoisotopic (exact) mass is 554 g/mol. The lowest BCUT2D eigenvalue weighted by Gasteiger charge is -2.21. The molecule has 5 nitrogen and oxygen atoms in total. The van der Waals surface area contributed by atoms with Crippen LogP contribution in [0.15, 0.2) is 126 Å². The van der Waals surface area contributed by atoms with Crippen LogP contribution in [0, 0.1) is 0 Å². The molecule has 4 heterocycles. The fraction of sp³-hybridized carbons (Fsp3) is 0.0789. The van der Waals surface area contributed by atoms with E-state index >= 15 is 0 Å². The predicted octanol–water partition coefficient (Wildman–Crippen LogP) is 9.36. The largest absolute Gasteiger partial charge is 0.436 e. The fourth-order valence-electron chi connectivity index (χ4n) is 6.99. The van der Waals surface area contributed by atoms with Gasteiger partial charge in [-0.25, -0.2) is 9.97 Å². The third-order valence-electron chi connectivity index (χ3n) is 8.91. The summed E-state index contributed by atoms with van der Waals surface area (Å²) in [5.74, 6) is 1.52. The van der Waals surface area contributed by atoms with Crippen LogP contribution in [0.5, 0.6) is 0 Å². The van der Waals surface area contributed by atoms with Crippen LogP contribution in [0.4, 0.5) is 0 Å². The molecule has 4 aromatic heterocycles. The summed E-state index contributed by atoms with van der Waals surface area (Å²) in [6.45, 7) is 4.60. The Morgan fingerprint density at radius 1 is 0.698 bits per heavy atom. The van der Waals surface area contributed by atoms with Gasteiger partial charge in [-0.3, -0.25) is 9.55 Å². The van der Waals surface area contributed by atoms with Crippen molar-refractivity contribution in [2.75, 3.05) is 0 Å². The van der Waals surface area contributed by atoms with Gasteiger partial charge < -0.3 is 4.42 Å². The normalized spacial score (nSPS) is 13.5. The molecule has 0 saturated carbocycles. The van der Waals surface area contributed by atoms with Crippen molar-refractivity contribution in [2.24, 2.45) is 0 Å². The van der Waals surface area contributed by atoms with E-state index in [9.17, 15) is 0 Å². The highest BCUT2D eigenvalue weighted by molar-refractivity contribution is 6.16. The van der Waals surface area contributed by atoms with Gasteiger partial charge in [0.1, 0.15) is 11.3 Å².